The van der Waals surface area contributed by atoms with Crippen LogP contribution in [0.15, 0.2) is 21.3 Å². The summed E-state index contributed by atoms with van der Waals surface area (Å²) < 4.78 is 32.8. The molecule has 3 N–H and O–H groups in total. The van der Waals surface area contributed by atoms with E-state index in [1.165, 1.54) is 6.07 Å². The van der Waals surface area contributed by atoms with E-state index >= 15 is 0 Å². The number of hydrogen-bond donors (Lipinski definition) is 3. The Bertz CT molecular complexity index is 690. The van der Waals surface area contributed by atoms with Crippen LogP contribution in [0.4, 0.5) is 0 Å². The fourth-order valence-corrected chi connectivity index (χ4v) is 5.09. The Hall–Kier alpha value is -0.910. The zero-order valence-electron chi connectivity index (χ0n) is 15.5. The van der Waals surface area contributed by atoms with Crippen molar-refractivity contribution in [3.63, 3.8) is 0 Å². The number of morpholine rings is 1. The van der Waals surface area contributed by atoms with E-state index in [1.54, 1.807) is 6.07 Å². The highest BCUT2D eigenvalue weighted by Gasteiger charge is 2.15. The average Bonchev–Trinajstić information content (AvgIpc) is 3.10. The molecule has 0 radical (unpaired) electrons. The van der Waals surface area contributed by atoms with Crippen LogP contribution in [0.25, 0.3) is 0 Å². The van der Waals surface area contributed by atoms with Crippen molar-refractivity contribution in [3.8, 4) is 0 Å². The number of nitrogens with zero attached hydrogens (tertiary/aromatic N) is 2. The van der Waals surface area contributed by atoms with Crippen molar-refractivity contribution in [3.05, 3.63) is 16.5 Å². The predicted molar refractivity (Wildman–Crippen MR) is 110 cm³/mol. The van der Waals surface area contributed by atoms with Crippen LogP contribution in [-0.4, -0.2) is 78.3 Å². The maximum Gasteiger partial charge on any atom is 0.250 e. The van der Waals surface area contributed by atoms with E-state index in [0.29, 0.717) is 23.4 Å². The maximum absolute atomic E-state index is 12.1. The molecule has 1 aromatic rings. The smallest absolute Gasteiger partial charge is 0.250 e. The topological polar surface area (TPSA) is 95.1 Å². The molecule has 0 amide bonds. The summed E-state index contributed by atoms with van der Waals surface area (Å²) in [6.07, 6.45) is 0.975. The lowest BCUT2D eigenvalue weighted by Crippen LogP contribution is -2.41. The first kappa shape index (κ1) is 22.4. The fraction of sp³-hybridized carbons (Fsp3) is 0.688. The maximum atomic E-state index is 12.1. The molecule has 0 saturated carbocycles. The van der Waals surface area contributed by atoms with Crippen LogP contribution in [0.3, 0.4) is 0 Å². The summed E-state index contributed by atoms with van der Waals surface area (Å²) in [5.41, 5.74) is 0. The summed E-state index contributed by atoms with van der Waals surface area (Å²) in [6, 6.07) is 3.08. The number of aliphatic imine (C=N–C) groups is 1. The molecule has 0 bridgehead atoms. The third kappa shape index (κ3) is 8.32. The first-order chi connectivity index (χ1) is 13.0. The molecule has 27 heavy (non-hydrogen) atoms. The number of sulfonamides is 1. The van der Waals surface area contributed by atoms with Gasteiger partial charge in [0.25, 0.3) is 0 Å². The third-order valence-corrected chi connectivity index (χ3v) is 7.06. The monoisotopic (exact) mass is 437 g/mol. The summed E-state index contributed by atoms with van der Waals surface area (Å²) in [5.74, 6) is 0.692. The van der Waals surface area contributed by atoms with E-state index in [2.05, 4.69) is 25.2 Å². The number of halogens is 1. The van der Waals surface area contributed by atoms with Crippen molar-refractivity contribution in [2.45, 2.75) is 17.6 Å². The number of ether oxygens (including phenoxy) is 1. The standard InChI is InChI=1S/C16H28ClN5O3S2/c1-2-18-16(19-6-3-9-22-10-12-25-13-11-22)20-7-8-21-27(23,24)15-5-4-14(17)26-15/h4-5,21H,2-3,6-13H2,1H3,(H2,18,19,20). The summed E-state index contributed by atoms with van der Waals surface area (Å²) in [5, 5.41) is 6.31. The largest absolute Gasteiger partial charge is 0.379 e. The highest BCUT2D eigenvalue weighted by Crippen LogP contribution is 2.25. The minimum atomic E-state index is -3.51. The van der Waals surface area contributed by atoms with Gasteiger partial charge in [-0.15, -0.1) is 11.3 Å². The minimum Gasteiger partial charge on any atom is -0.379 e. The van der Waals surface area contributed by atoms with Crippen LogP contribution in [-0.2, 0) is 14.8 Å². The molecule has 1 fully saturated rings. The Kier molecular flexibility index (Phi) is 9.80. The second kappa shape index (κ2) is 11.8. The quantitative estimate of drug-likeness (QED) is 0.286. The van der Waals surface area contributed by atoms with E-state index in [-0.39, 0.29) is 10.8 Å². The van der Waals surface area contributed by atoms with Gasteiger partial charge in [-0.3, -0.25) is 9.89 Å². The lowest BCUT2D eigenvalue weighted by Gasteiger charge is -2.26. The first-order valence-corrected chi connectivity index (χ1v) is 11.8. The molecule has 1 aliphatic rings. The lowest BCUT2D eigenvalue weighted by atomic mass is 10.3. The summed E-state index contributed by atoms with van der Waals surface area (Å²) in [4.78, 5) is 6.92. The minimum absolute atomic E-state index is 0.219. The van der Waals surface area contributed by atoms with Gasteiger partial charge in [0.05, 0.1) is 17.6 Å². The Balaban J connectivity index is 1.68. The van der Waals surface area contributed by atoms with Gasteiger partial charge in [0.2, 0.25) is 10.0 Å². The fourth-order valence-electron chi connectivity index (χ4n) is 2.53. The zero-order chi connectivity index (χ0) is 19.5. The van der Waals surface area contributed by atoms with Crippen molar-refractivity contribution >= 4 is 38.9 Å². The highest BCUT2D eigenvalue weighted by atomic mass is 35.5. The summed E-state index contributed by atoms with van der Waals surface area (Å²) in [6.45, 7) is 8.74. The van der Waals surface area contributed by atoms with Gasteiger partial charge in [-0.2, -0.15) is 0 Å². The van der Waals surface area contributed by atoms with Gasteiger partial charge in [-0.25, -0.2) is 13.1 Å². The van der Waals surface area contributed by atoms with Crippen molar-refractivity contribution < 1.29 is 13.2 Å². The molecule has 1 saturated heterocycles. The molecule has 0 aliphatic carbocycles. The SMILES string of the molecule is CCNC(=NCCCN1CCOCC1)NCCNS(=O)(=O)c1ccc(Cl)s1. The van der Waals surface area contributed by atoms with Crippen LogP contribution in [0.5, 0.6) is 0 Å². The highest BCUT2D eigenvalue weighted by molar-refractivity contribution is 7.91. The number of thiophene rings is 1. The van der Waals surface area contributed by atoms with Crippen LogP contribution >= 0.6 is 22.9 Å². The molecule has 1 aliphatic heterocycles. The third-order valence-electron chi connectivity index (χ3n) is 3.87. The molecule has 154 valence electrons. The van der Waals surface area contributed by atoms with Crippen molar-refractivity contribution in [2.75, 3.05) is 59.0 Å². The molecular formula is C16H28ClN5O3S2. The van der Waals surface area contributed by atoms with Crippen LogP contribution in [0.2, 0.25) is 4.34 Å². The molecule has 2 rings (SSSR count). The van der Waals surface area contributed by atoms with Gasteiger partial charge in [-0.05, 0) is 25.5 Å². The molecule has 0 aromatic carbocycles. The molecule has 8 nitrogen and oxygen atoms in total. The molecule has 2 heterocycles. The number of guanidine groups is 1. The van der Waals surface area contributed by atoms with Crippen molar-refractivity contribution in [2.24, 2.45) is 4.99 Å². The van der Waals surface area contributed by atoms with Crippen molar-refractivity contribution in [1.82, 2.24) is 20.3 Å². The van der Waals surface area contributed by atoms with Gasteiger partial charge < -0.3 is 15.4 Å². The first-order valence-electron chi connectivity index (χ1n) is 9.08. The number of hydrogen-bond acceptors (Lipinski definition) is 6. The summed E-state index contributed by atoms with van der Waals surface area (Å²) >= 11 is 6.83. The predicted octanol–water partition coefficient (Wildman–Crippen LogP) is 0.957. The second-order valence-electron chi connectivity index (χ2n) is 5.95. The summed E-state index contributed by atoms with van der Waals surface area (Å²) in [7, 11) is -3.51. The van der Waals surface area contributed by atoms with Gasteiger partial charge >= 0.3 is 0 Å². The molecule has 11 heteroatoms. The van der Waals surface area contributed by atoms with Crippen LogP contribution in [0, 0.1) is 0 Å². The Morgan fingerprint density at radius 2 is 2.07 bits per heavy atom. The van der Waals surface area contributed by atoms with E-state index in [1.807, 2.05) is 6.92 Å². The second-order valence-corrected chi connectivity index (χ2v) is 9.66. The van der Waals surface area contributed by atoms with Gasteiger partial charge in [0, 0.05) is 45.8 Å². The van der Waals surface area contributed by atoms with E-state index in [0.717, 1.165) is 57.2 Å². The zero-order valence-corrected chi connectivity index (χ0v) is 17.9. The molecular weight excluding hydrogens is 410 g/mol. The van der Waals surface area contributed by atoms with Gasteiger partial charge in [0.1, 0.15) is 4.21 Å². The number of rotatable bonds is 10. The molecule has 0 atom stereocenters. The molecule has 0 spiro atoms. The molecule has 1 aromatic heterocycles. The normalized spacial score (nSPS) is 16.4. The van der Waals surface area contributed by atoms with Gasteiger partial charge in [0.15, 0.2) is 5.96 Å². The van der Waals surface area contributed by atoms with Crippen molar-refractivity contribution in [1.29, 1.82) is 0 Å². The van der Waals surface area contributed by atoms with E-state index < -0.39 is 10.0 Å². The van der Waals surface area contributed by atoms with Gasteiger partial charge in [-0.1, -0.05) is 11.6 Å². The van der Waals surface area contributed by atoms with Crippen LogP contribution in [0.1, 0.15) is 13.3 Å². The van der Waals surface area contributed by atoms with E-state index in [9.17, 15) is 8.42 Å². The van der Waals surface area contributed by atoms with E-state index in [4.69, 9.17) is 16.3 Å². The Morgan fingerprint density at radius 1 is 1.30 bits per heavy atom. The molecule has 0 unspecified atom stereocenters. The Morgan fingerprint density at radius 3 is 2.74 bits per heavy atom. The van der Waals surface area contributed by atoms with Crippen LogP contribution < -0.4 is 15.4 Å². The lowest BCUT2D eigenvalue weighted by molar-refractivity contribution is 0.0377. The number of nitrogens with one attached hydrogen (secondary N) is 3. The Labute approximate surface area is 170 Å². The average molecular weight is 438 g/mol.